The molecule has 0 radical (unpaired) electrons. The van der Waals surface area contributed by atoms with Crippen LogP contribution in [0.3, 0.4) is 0 Å². The molecular formula is C13H17BrN4. The quantitative estimate of drug-likeness (QED) is 0.756. The summed E-state index contributed by atoms with van der Waals surface area (Å²) in [6.07, 6.45) is 4.55. The predicted molar refractivity (Wildman–Crippen MR) is 78.5 cm³/mol. The highest BCUT2D eigenvalue weighted by atomic mass is 79.9. The van der Waals surface area contributed by atoms with Gasteiger partial charge in [-0.1, -0.05) is 6.92 Å². The molecule has 0 aliphatic rings. The first kappa shape index (κ1) is 13.0. The van der Waals surface area contributed by atoms with Crippen LogP contribution in [-0.2, 0) is 0 Å². The van der Waals surface area contributed by atoms with Crippen molar-refractivity contribution in [1.82, 2.24) is 9.97 Å². The average molecular weight is 309 g/mol. The van der Waals surface area contributed by atoms with Crippen LogP contribution in [0.25, 0.3) is 0 Å². The van der Waals surface area contributed by atoms with E-state index in [1.54, 1.807) is 6.20 Å². The minimum atomic E-state index is 0.166. The Kier molecular flexibility index (Phi) is 3.91. The molecule has 0 saturated carbocycles. The second-order valence-corrected chi connectivity index (χ2v) is 5.12. The van der Waals surface area contributed by atoms with Crippen LogP contribution in [0.2, 0.25) is 0 Å². The molecule has 0 spiro atoms. The summed E-state index contributed by atoms with van der Waals surface area (Å²) in [6, 6.07) is 4.14. The largest absolute Gasteiger partial charge is 0.398 e. The molecule has 96 valence electrons. The van der Waals surface area contributed by atoms with Gasteiger partial charge in [-0.2, -0.15) is 0 Å². The van der Waals surface area contributed by atoms with Gasteiger partial charge >= 0.3 is 0 Å². The van der Waals surface area contributed by atoms with E-state index in [1.807, 2.05) is 25.3 Å². The molecule has 4 N–H and O–H groups in total. The summed E-state index contributed by atoms with van der Waals surface area (Å²) in [7, 11) is 0. The van der Waals surface area contributed by atoms with E-state index >= 15 is 0 Å². The minimum absolute atomic E-state index is 0.166. The summed E-state index contributed by atoms with van der Waals surface area (Å²) in [4.78, 5) is 7.44. The number of nitrogen functional groups attached to an aromatic ring is 1. The molecule has 0 bridgehead atoms. The molecule has 4 nitrogen and oxygen atoms in total. The van der Waals surface area contributed by atoms with Gasteiger partial charge in [0, 0.05) is 28.2 Å². The third-order valence-electron chi connectivity index (χ3n) is 2.94. The van der Waals surface area contributed by atoms with Crippen LogP contribution in [0.4, 0.5) is 11.4 Å². The highest BCUT2D eigenvalue weighted by Gasteiger charge is 2.13. The second-order valence-electron chi connectivity index (χ2n) is 4.27. The monoisotopic (exact) mass is 308 g/mol. The van der Waals surface area contributed by atoms with Crippen LogP contribution in [0.5, 0.6) is 0 Å². The molecule has 1 aromatic heterocycles. The molecular weight excluding hydrogens is 292 g/mol. The van der Waals surface area contributed by atoms with Crippen molar-refractivity contribution in [2.24, 2.45) is 0 Å². The van der Waals surface area contributed by atoms with Crippen molar-refractivity contribution in [1.29, 1.82) is 0 Å². The van der Waals surface area contributed by atoms with Crippen LogP contribution in [0, 0.1) is 6.92 Å². The lowest BCUT2D eigenvalue weighted by Gasteiger charge is -2.18. The maximum Gasteiger partial charge on any atom is 0.128 e. The SMILES string of the molecule is CCC(Nc1cc(C)c(N)cc1Br)c1ncc[nH]1. The number of nitrogens with one attached hydrogen (secondary N) is 2. The Morgan fingerprint density at radius 1 is 1.50 bits per heavy atom. The Hall–Kier alpha value is -1.49. The van der Waals surface area contributed by atoms with Crippen molar-refractivity contribution < 1.29 is 0 Å². The zero-order valence-electron chi connectivity index (χ0n) is 10.5. The lowest BCUT2D eigenvalue weighted by Crippen LogP contribution is -2.12. The highest BCUT2D eigenvalue weighted by Crippen LogP contribution is 2.30. The number of aryl methyl sites for hydroxylation is 1. The summed E-state index contributed by atoms with van der Waals surface area (Å²) in [5.74, 6) is 0.943. The van der Waals surface area contributed by atoms with Crippen molar-refractivity contribution in [3.05, 3.63) is 40.4 Å². The third-order valence-corrected chi connectivity index (χ3v) is 3.60. The van der Waals surface area contributed by atoms with Gasteiger partial charge in [0.1, 0.15) is 5.82 Å². The Labute approximate surface area is 115 Å². The lowest BCUT2D eigenvalue weighted by atomic mass is 10.1. The first-order valence-corrected chi connectivity index (χ1v) is 6.72. The number of aromatic nitrogens is 2. The van der Waals surface area contributed by atoms with Gasteiger partial charge in [0.15, 0.2) is 0 Å². The van der Waals surface area contributed by atoms with Crippen LogP contribution in [0.15, 0.2) is 29.0 Å². The molecule has 1 aromatic carbocycles. The molecule has 1 heterocycles. The molecule has 18 heavy (non-hydrogen) atoms. The molecule has 0 aliphatic carbocycles. The van der Waals surface area contributed by atoms with Gasteiger partial charge in [0.25, 0.3) is 0 Å². The molecule has 2 rings (SSSR count). The number of hydrogen-bond donors (Lipinski definition) is 3. The van der Waals surface area contributed by atoms with E-state index in [0.29, 0.717) is 0 Å². The van der Waals surface area contributed by atoms with E-state index in [2.05, 4.69) is 38.1 Å². The Bertz CT molecular complexity index is 522. The van der Waals surface area contributed by atoms with Gasteiger partial charge in [-0.15, -0.1) is 0 Å². The van der Waals surface area contributed by atoms with Crippen molar-refractivity contribution in [2.45, 2.75) is 26.3 Å². The molecule has 0 saturated heterocycles. The first-order chi connectivity index (χ1) is 8.61. The number of anilines is 2. The lowest BCUT2D eigenvalue weighted by molar-refractivity contribution is 0.703. The summed E-state index contributed by atoms with van der Waals surface area (Å²) in [5.41, 5.74) is 8.76. The number of hydrogen-bond acceptors (Lipinski definition) is 3. The standard InChI is InChI=1S/C13H17BrN4/c1-3-11(13-16-4-5-17-13)18-12-6-8(2)10(15)7-9(12)14/h4-7,11,18H,3,15H2,1-2H3,(H,16,17). The Morgan fingerprint density at radius 3 is 2.89 bits per heavy atom. The van der Waals surface area contributed by atoms with E-state index in [4.69, 9.17) is 5.73 Å². The van der Waals surface area contributed by atoms with Gasteiger partial charge in [0.05, 0.1) is 6.04 Å². The number of benzene rings is 1. The highest BCUT2D eigenvalue weighted by molar-refractivity contribution is 9.10. The van der Waals surface area contributed by atoms with Crippen LogP contribution < -0.4 is 11.1 Å². The van der Waals surface area contributed by atoms with Gasteiger partial charge < -0.3 is 16.0 Å². The smallest absolute Gasteiger partial charge is 0.128 e. The van der Waals surface area contributed by atoms with Gasteiger partial charge in [-0.3, -0.25) is 0 Å². The molecule has 0 fully saturated rings. The van der Waals surface area contributed by atoms with Crippen LogP contribution >= 0.6 is 15.9 Å². The van der Waals surface area contributed by atoms with E-state index in [1.165, 1.54) is 0 Å². The van der Waals surface area contributed by atoms with Gasteiger partial charge in [-0.25, -0.2) is 4.98 Å². The molecule has 0 amide bonds. The topological polar surface area (TPSA) is 66.7 Å². The number of aromatic amines is 1. The van der Waals surface area contributed by atoms with E-state index < -0.39 is 0 Å². The Balaban J connectivity index is 2.25. The molecule has 1 atom stereocenters. The van der Waals surface area contributed by atoms with Gasteiger partial charge in [0.2, 0.25) is 0 Å². The number of imidazole rings is 1. The van der Waals surface area contributed by atoms with E-state index in [0.717, 1.165) is 33.7 Å². The van der Waals surface area contributed by atoms with E-state index in [9.17, 15) is 0 Å². The number of nitrogens with two attached hydrogens (primary N) is 1. The average Bonchev–Trinajstić information content (AvgIpc) is 2.85. The number of H-pyrrole nitrogens is 1. The zero-order valence-corrected chi connectivity index (χ0v) is 12.1. The van der Waals surface area contributed by atoms with Crippen molar-refractivity contribution in [3.63, 3.8) is 0 Å². The number of rotatable bonds is 4. The van der Waals surface area contributed by atoms with Gasteiger partial charge in [-0.05, 0) is 47.0 Å². The van der Waals surface area contributed by atoms with Crippen molar-refractivity contribution in [3.8, 4) is 0 Å². The third kappa shape index (κ3) is 2.67. The normalized spacial score (nSPS) is 12.4. The molecule has 5 heteroatoms. The molecule has 0 aliphatic heterocycles. The van der Waals surface area contributed by atoms with Crippen LogP contribution in [0.1, 0.15) is 30.8 Å². The number of nitrogens with zero attached hydrogens (tertiary/aromatic N) is 1. The number of halogens is 1. The van der Waals surface area contributed by atoms with Crippen molar-refractivity contribution in [2.75, 3.05) is 11.1 Å². The Morgan fingerprint density at radius 2 is 2.28 bits per heavy atom. The summed E-state index contributed by atoms with van der Waals surface area (Å²) in [6.45, 7) is 4.12. The maximum atomic E-state index is 5.87. The predicted octanol–water partition coefficient (Wildman–Crippen LogP) is 3.63. The fourth-order valence-electron chi connectivity index (χ4n) is 1.83. The first-order valence-electron chi connectivity index (χ1n) is 5.93. The van der Waals surface area contributed by atoms with Crippen molar-refractivity contribution >= 4 is 27.3 Å². The fourth-order valence-corrected chi connectivity index (χ4v) is 2.30. The second kappa shape index (κ2) is 5.44. The summed E-state index contributed by atoms with van der Waals surface area (Å²) < 4.78 is 0.968. The molecule has 1 unspecified atom stereocenters. The summed E-state index contributed by atoms with van der Waals surface area (Å²) >= 11 is 3.53. The fraction of sp³-hybridized carbons (Fsp3) is 0.308. The van der Waals surface area contributed by atoms with E-state index in [-0.39, 0.29) is 6.04 Å². The maximum absolute atomic E-state index is 5.87. The molecule has 2 aromatic rings. The summed E-state index contributed by atoms with van der Waals surface area (Å²) in [5, 5.41) is 3.47. The minimum Gasteiger partial charge on any atom is -0.398 e. The zero-order chi connectivity index (χ0) is 13.1. The van der Waals surface area contributed by atoms with Crippen LogP contribution in [-0.4, -0.2) is 9.97 Å².